The van der Waals surface area contributed by atoms with Gasteiger partial charge in [-0.05, 0) is 18.9 Å². The maximum atomic E-state index is 12.0. The highest BCUT2D eigenvalue weighted by molar-refractivity contribution is 5.84. The molecule has 1 aliphatic carbocycles. The van der Waals surface area contributed by atoms with Gasteiger partial charge in [0.15, 0.2) is 0 Å². The molecule has 1 fully saturated rings. The fraction of sp³-hybridized carbons (Fsp3) is 0.467. The highest BCUT2D eigenvalue weighted by Crippen LogP contribution is 2.36. The molecule has 0 N–H and O–H groups in total. The number of esters is 1. The lowest BCUT2D eigenvalue weighted by molar-refractivity contribution is -0.150. The van der Waals surface area contributed by atoms with Crippen LogP contribution in [0.1, 0.15) is 37.7 Å². The lowest BCUT2D eigenvalue weighted by Gasteiger charge is -2.29. The van der Waals surface area contributed by atoms with Crippen molar-refractivity contribution in [1.29, 1.82) is 0 Å². The summed E-state index contributed by atoms with van der Waals surface area (Å²) in [7, 11) is 0. The van der Waals surface area contributed by atoms with E-state index in [4.69, 9.17) is 4.74 Å². The Kier molecular flexibility index (Phi) is 4.13. The van der Waals surface area contributed by atoms with E-state index >= 15 is 0 Å². The Balaban J connectivity index is 2.21. The molecule has 1 aliphatic rings. The van der Waals surface area contributed by atoms with Crippen LogP contribution in [0.5, 0.6) is 0 Å². The van der Waals surface area contributed by atoms with Crippen LogP contribution >= 0.6 is 0 Å². The van der Waals surface area contributed by atoms with E-state index in [1.807, 2.05) is 37.3 Å². The van der Waals surface area contributed by atoms with Crippen LogP contribution in [0.15, 0.2) is 30.3 Å². The van der Waals surface area contributed by atoms with Crippen molar-refractivity contribution in [2.75, 3.05) is 6.61 Å². The van der Waals surface area contributed by atoms with Crippen molar-refractivity contribution in [2.45, 2.75) is 32.1 Å². The quantitative estimate of drug-likeness (QED) is 0.770. The molecule has 3 heteroatoms. The molecule has 0 heterocycles. The first kappa shape index (κ1) is 12.8. The first-order valence-electron chi connectivity index (χ1n) is 6.45. The molecule has 96 valence electrons. The zero-order valence-electron chi connectivity index (χ0n) is 10.6. The SMILES string of the molecule is CCOC(=O)[C@@H]1CCC(=O)C[C@H]1c1ccccc1. The Morgan fingerprint density at radius 1 is 1.33 bits per heavy atom. The van der Waals surface area contributed by atoms with Gasteiger partial charge in [0.1, 0.15) is 5.78 Å². The maximum absolute atomic E-state index is 12.0. The molecule has 0 spiro atoms. The van der Waals surface area contributed by atoms with Gasteiger partial charge in [-0.3, -0.25) is 9.59 Å². The first-order valence-corrected chi connectivity index (χ1v) is 6.45. The summed E-state index contributed by atoms with van der Waals surface area (Å²) in [6, 6.07) is 9.78. The second-order valence-corrected chi connectivity index (χ2v) is 4.66. The third kappa shape index (κ3) is 2.78. The summed E-state index contributed by atoms with van der Waals surface area (Å²) in [5, 5.41) is 0. The fourth-order valence-electron chi connectivity index (χ4n) is 2.59. The van der Waals surface area contributed by atoms with E-state index in [1.165, 1.54) is 0 Å². The Hall–Kier alpha value is -1.64. The summed E-state index contributed by atoms with van der Waals surface area (Å²) < 4.78 is 5.12. The van der Waals surface area contributed by atoms with Gasteiger partial charge in [-0.2, -0.15) is 0 Å². The fourth-order valence-corrected chi connectivity index (χ4v) is 2.59. The lowest BCUT2D eigenvalue weighted by atomic mass is 9.75. The van der Waals surface area contributed by atoms with Crippen LogP contribution in [-0.4, -0.2) is 18.4 Å². The molecule has 0 unspecified atom stereocenters. The number of benzene rings is 1. The molecular formula is C15H18O3. The molecule has 0 bridgehead atoms. The molecule has 0 aromatic heterocycles. The third-order valence-corrected chi connectivity index (χ3v) is 3.48. The molecule has 3 nitrogen and oxygen atoms in total. The number of carbonyl (C=O) groups excluding carboxylic acids is 2. The Bertz CT molecular complexity index is 425. The van der Waals surface area contributed by atoms with Crippen LogP contribution in [0.3, 0.4) is 0 Å². The summed E-state index contributed by atoms with van der Waals surface area (Å²) in [6.07, 6.45) is 1.55. The van der Waals surface area contributed by atoms with E-state index < -0.39 is 0 Å². The minimum atomic E-state index is -0.176. The molecule has 2 atom stereocenters. The van der Waals surface area contributed by atoms with Crippen LogP contribution in [0.4, 0.5) is 0 Å². The molecule has 0 radical (unpaired) electrons. The van der Waals surface area contributed by atoms with Gasteiger partial charge in [-0.25, -0.2) is 0 Å². The number of rotatable bonds is 3. The summed E-state index contributed by atoms with van der Waals surface area (Å²) in [5.41, 5.74) is 1.06. The third-order valence-electron chi connectivity index (χ3n) is 3.48. The average molecular weight is 246 g/mol. The summed E-state index contributed by atoms with van der Waals surface area (Å²) in [6.45, 7) is 2.20. The molecule has 0 saturated heterocycles. The van der Waals surface area contributed by atoms with E-state index in [0.29, 0.717) is 25.9 Å². The predicted molar refractivity (Wildman–Crippen MR) is 68.2 cm³/mol. The highest BCUT2D eigenvalue weighted by atomic mass is 16.5. The van der Waals surface area contributed by atoms with Crippen molar-refractivity contribution in [3.05, 3.63) is 35.9 Å². The minimum absolute atomic E-state index is 0.0218. The topological polar surface area (TPSA) is 43.4 Å². The minimum Gasteiger partial charge on any atom is -0.466 e. The monoisotopic (exact) mass is 246 g/mol. The molecule has 18 heavy (non-hydrogen) atoms. The second kappa shape index (κ2) is 5.80. The van der Waals surface area contributed by atoms with Gasteiger partial charge >= 0.3 is 5.97 Å². The van der Waals surface area contributed by atoms with Crippen molar-refractivity contribution >= 4 is 11.8 Å². The highest BCUT2D eigenvalue weighted by Gasteiger charge is 2.35. The summed E-state index contributed by atoms with van der Waals surface area (Å²) in [5.74, 6) is -0.125. The average Bonchev–Trinajstić information content (AvgIpc) is 2.40. The van der Waals surface area contributed by atoms with E-state index in [2.05, 4.69) is 0 Å². The van der Waals surface area contributed by atoms with Crippen LogP contribution in [-0.2, 0) is 14.3 Å². The van der Waals surface area contributed by atoms with Crippen molar-refractivity contribution in [3.8, 4) is 0 Å². The van der Waals surface area contributed by atoms with Crippen molar-refractivity contribution in [3.63, 3.8) is 0 Å². The van der Waals surface area contributed by atoms with Crippen LogP contribution < -0.4 is 0 Å². The van der Waals surface area contributed by atoms with Gasteiger partial charge in [0.2, 0.25) is 0 Å². The van der Waals surface area contributed by atoms with E-state index in [9.17, 15) is 9.59 Å². The van der Waals surface area contributed by atoms with E-state index in [-0.39, 0.29) is 23.6 Å². The largest absolute Gasteiger partial charge is 0.466 e. The van der Waals surface area contributed by atoms with Gasteiger partial charge in [-0.15, -0.1) is 0 Å². The van der Waals surface area contributed by atoms with Crippen LogP contribution in [0.25, 0.3) is 0 Å². The molecule has 1 saturated carbocycles. The number of ether oxygens (including phenoxy) is 1. The molecule has 0 amide bonds. The van der Waals surface area contributed by atoms with Crippen molar-refractivity contribution in [1.82, 2.24) is 0 Å². The van der Waals surface area contributed by atoms with E-state index in [1.54, 1.807) is 0 Å². The molecular weight excluding hydrogens is 228 g/mol. The smallest absolute Gasteiger partial charge is 0.309 e. The van der Waals surface area contributed by atoms with Gasteiger partial charge in [-0.1, -0.05) is 30.3 Å². The Morgan fingerprint density at radius 2 is 2.06 bits per heavy atom. The standard InChI is InChI=1S/C15H18O3/c1-2-18-15(17)13-9-8-12(16)10-14(13)11-6-4-3-5-7-11/h3-7,13-14H,2,8-10H2,1H3/t13-,14+/m1/s1. The van der Waals surface area contributed by atoms with Crippen LogP contribution in [0, 0.1) is 5.92 Å². The van der Waals surface area contributed by atoms with Crippen LogP contribution in [0.2, 0.25) is 0 Å². The Morgan fingerprint density at radius 3 is 2.72 bits per heavy atom. The number of Topliss-reactive ketones (excluding diaryl/α,β-unsaturated/α-hetero) is 1. The zero-order chi connectivity index (χ0) is 13.0. The number of carbonyl (C=O) groups is 2. The van der Waals surface area contributed by atoms with E-state index in [0.717, 1.165) is 5.56 Å². The molecule has 0 aliphatic heterocycles. The first-order chi connectivity index (χ1) is 8.72. The number of hydrogen-bond acceptors (Lipinski definition) is 3. The second-order valence-electron chi connectivity index (χ2n) is 4.66. The number of hydrogen-bond donors (Lipinski definition) is 0. The Labute approximate surface area is 107 Å². The molecule has 2 rings (SSSR count). The molecule has 1 aromatic rings. The van der Waals surface area contributed by atoms with Crippen molar-refractivity contribution in [2.24, 2.45) is 5.92 Å². The van der Waals surface area contributed by atoms with Gasteiger partial charge in [0.05, 0.1) is 12.5 Å². The zero-order valence-corrected chi connectivity index (χ0v) is 10.6. The maximum Gasteiger partial charge on any atom is 0.309 e. The normalized spacial score (nSPS) is 23.7. The van der Waals surface area contributed by atoms with Gasteiger partial charge in [0, 0.05) is 18.8 Å². The summed E-state index contributed by atoms with van der Waals surface area (Å²) in [4.78, 5) is 23.6. The van der Waals surface area contributed by atoms with Crippen molar-refractivity contribution < 1.29 is 14.3 Å². The molecule has 1 aromatic carbocycles. The van der Waals surface area contributed by atoms with Gasteiger partial charge in [0.25, 0.3) is 0 Å². The van der Waals surface area contributed by atoms with Gasteiger partial charge < -0.3 is 4.74 Å². The number of ketones is 1. The predicted octanol–water partition coefficient (Wildman–Crippen LogP) is 2.70. The lowest BCUT2D eigenvalue weighted by Crippen LogP contribution is -2.30. The summed E-state index contributed by atoms with van der Waals surface area (Å²) >= 11 is 0.